The minimum atomic E-state index is 0.219. The summed E-state index contributed by atoms with van der Waals surface area (Å²) in [5.74, 6) is 1.63. The summed E-state index contributed by atoms with van der Waals surface area (Å²) in [7, 11) is 0. The number of piperidine rings is 1. The lowest BCUT2D eigenvalue weighted by molar-refractivity contribution is -0.123. The number of carbonyl (C=O) groups is 1. The number of hydrogen-bond donors (Lipinski definition) is 1. The number of carbonyl (C=O) groups excluding carboxylic acids is 1. The van der Waals surface area contributed by atoms with Gasteiger partial charge in [0.2, 0.25) is 5.91 Å². The summed E-state index contributed by atoms with van der Waals surface area (Å²) in [6.45, 7) is 5.31. The normalized spacial score (nSPS) is 26.7. The van der Waals surface area contributed by atoms with Crippen LogP contribution < -0.4 is 5.32 Å². The molecule has 1 rings (SSSR count). The number of hydrogen-bond acceptors (Lipinski definition) is 1. The average molecular weight is 141 g/mol. The molecule has 0 aliphatic carbocycles. The van der Waals surface area contributed by atoms with E-state index in [2.05, 4.69) is 19.2 Å². The molecule has 58 valence electrons. The van der Waals surface area contributed by atoms with Crippen molar-refractivity contribution in [1.29, 1.82) is 0 Å². The third-order valence-electron chi connectivity index (χ3n) is 2.25. The molecule has 0 saturated carbocycles. The minimum absolute atomic E-state index is 0.219. The van der Waals surface area contributed by atoms with Gasteiger partial charge in [0.25, 0.3) is 0 Å². The van der Waals surface area contributed by atoms with Crippen molar-refractivity contribution in [2.75, 3.05) is 6.54 Å². The Kier molecular flexibility index (Phi) is 2.30. The summed E-state index contributed by atoms with van der Waals surface area (Å²) in [5.41, 5.74) is 0. The van der Waals surface area contributed by atoms with Crippen LogP contribution in [-0.2, 0) is 4.79 Å². The molecule has 0 aromatic carbocycles. The number of rotatable bonds is 1. The van der Waals surface area contributed by atoms with E-state index in [1.165, 1.54) is 0 Å². The Bertz CT molecular complexity index is 121. The van der Waals surface area contributed by atoms with Crippen LogP contribution in [0.1, 0.15) is 26.7 Å². The summed E-state index contributed by atoms with van der Waals surface area (Å²) >= 11 is 0. The maximum absolute atomic E-state index is 10.7. The Balaban J connectivity index is 2.33. The first-order chi connectivity index (χ1) is 4.70. The molecule has 0 radical (unpaired) electrons. The molecule has 2 nitrogen and oxygen atoms in total. The van der Waals surface area contributed by atoms with Gasteiger partial charge >= 0.3 is 0 Å². The van der Waals surface area contributed by atoms with Crippen LogP contribution in [0.3, 0.4) is 0 Å². The Morgan fingerprint density at radius 2 is 2.30 bits per heavy atom. The van der Waals surface area contributed by atoms with Crippen LogP contribution in [0, 0.1) is 11.8 Å². The van der Waals surface area contributed by atoms with Gasteiger partial charge in [-0.05, 0) is 18.3 Å². The highest BCUT2D eigenvalue weighted by atomic mass is 16.1. The fourth-order valence-corrected chi connectivity index (χ4v) is 1.32. The largest absolute Gasteiger partial charge is 0.356 e. The van der Waals surface area contributed by atoms with Gasteiger partial charge in [-0.2, -0.15) is 0 Å². The Hall–Kier alpha value is -0.530. The second-order valence-corrected chi connectivity index (χ2v) is 3.35. The Labute approximate surface area is 62.0 Å². The topological polar surface area (TPSA) is 29.1 Å². The predicted octanol–water partition coefficient (Wildman–Crippen LogP) is 1.17. The molecule has 1 atom stereocenters. The smallest absolute Gasteiger partial charge is 0.220 e. The summed E-state index contributed by atoms with van der Waals surface area (Å²) in [6.07, 6.45) is 1.80. The molecule has 0 aromatic heterocycles. The maximum Gasteiger partial charge on any atom is 0.220 e. The lowest BCUT2D eigenvalue weighted by Gasteiger charge is -2.25. The third kappa shape index (κ3) is 1.72. The fraction of sp³-hybridized carbons (Fsp3) is 0.875. The molecule has 1 saturated heterocycles. The highest BCUT2D eigenvalue weighted by Crippen LogP contribution is 2.18. The van der Waals surface area contributed by atoms with Crippen molar-refractivity contribution >= 4 is 5.91 Å². The van der Waals surface area contributed by atoms with Crippen LogP contribution in [0.15, 0.2) is 0 Å². The van der Waals surface area contributed by atoms with Gasteiger partial charge in [0.15, 0.2) is 0 Å². The molecule has 10 heavy (non-hydrogen) atoms. The van der Waals surface area contributed by atoms with Gasteiger partial charge < -0.3 is 5.32 Å². The molecule has 0 aromatic rings. The van der Waals surface area contributed by atoms with Crippen molar-refractivity contribution in [2.24, 2.45) is 11.8 Å². The molecule has 0 unspecified atom stereocenters. The fourth-order valence-electron chi connectivity index (χ4n) is 1.32. The standard InChI is InChI=1S/C8H15NO/c1-6(2)7-3-4-8(10)9-5-7/h6-7H,3-5H2,1-2H3,(H,9,10)/t7-/m1/s1. The van der Waals surface area contributed by atoms with Gasteiger partial charge in [0, 0.05) is 13.0 Å². The molecule has 0 spiro atoms. The number of nitrogens with one attached hydrogen (secondary N) is 1. The van der Waals surface area contributed by atoms with E-state index < -0.39 is 0 Å². The predicted molar refractivity (Wildman–Crippen MR) is 40.6 cm³/mol. The zero-order valence-electron chi connectivity index (χ0n) is 6.68. The van der Waals surface area contributed by atoms with Gasteiger partial charge in [-0.15, -0.1) is 0 Å². The van der Waals surface area contributed by atoms with Crippen LogP contribution >= 0.6 is 0 Å². The molecule has 2 heteroatoms. The second kappa shape index (κ2) is 3.04. The highest BCUT2D eigenvalue weighted by molar-refractivity contribution is 5.76. The van der Waals surface area contributed by atoms with Gasteiger partial charge in [0.05, 0.1) is 0 Å². The van der Waals surface area contributed by atoms with Crippen LogP contribution in [0.2, 0.25) is 0 Å². The van der Waals surface area contributed by atoms with E-state index in [0.717, 1.165) is 19.4 Å². The van der Waals surface area contributed by atoms with Gasteiger partial charge in [0.1, 0.15) is 0 Å². The minimum Gasteiger partial charge on any atom is -0.356 e. The maximum atomic E-state index is 10.7. The molecule has 1 aliphatic rings. The van der Waals surface area contributed by atoms with Crippen molar-refractivity contribution in [3.05, 3.63) is 0 Å². The quantitative estimate of drug-likeness (QED) is 0.583. The molecule has 1 fully saturated rings. The van der Waals surface area contributed by atoms with Crippen molar-refractivity contribution in [1.82, 2.24) is 5.32 Å². The van der Waals surface area contributed by atoms with Crippen LogP contribution in [0.25, 0.3) is 0 Å². The lowest BCUT2D eigenvalue weighted by atomic mass is 9.89. The average Bonchev–Trinajstić information content (AvgIpc) is 1.88. The van der Waals surface area contributed by atoms with Crippen LogP contribution in [0.5, 0.6) is 0 Å². The summed E-state index contributed by atoms with van der Waals surface area (Å²) in [5, 5.41) is 2.87. The van der Waals surface area contributed by atoms with Crippen LogP contribution in [-0.4, -0.2) is 12.5 Å². The first-order valence-corrected chi connectivity index (χ1v) is 3.97. The van der Waals surface area contributed by atoms with E-state index in [0.29, 0.717) is 11.8 Å². The molecule has 1 heterocycles. The second-order valence-electron chi connectivity index (χ2n) is 3.35. The first-order valence-electron chi connectivity index (χ1n) is 3.97. The first kappa shape index (κ1) is 7.58. The van der Waals surface area contributed by atoms with Gasteiger partial charge in [-0.1, -0.05) is 13.8 Å². The molecular weight excluding hydrogens is 126 g/mol. The summed E-state index contributed by atoms with van der Waals surface area (Å²) < 4.78 is 0. The zero-order chi connectivity index (χ0) is 7.56. The van der Waals surface area contributed by atoms with Gasteiger partial charge in [-0.3, -0.25) is 4.79 Å². The van der Waals surface area contributed by atoms with E-state index in [9.17, 15) is 4.79 Å². The molecule has 1 N–H and O–H groups in total. The SMILES string of the molecule is CC(C)[C@@H]1CCC(=O)NC1. The Morgan fingerprint density at radius 3 is 2.70 bits per heavy atom. The van der Waals surface area contributed by atoms with E-state index in [4.69, 9.17) is 0 Å². The summed E-state index contributed by atoms with van der Waals surface area (Å²) in [4.78, 5) is 10.7. The molecule has 1 aliphatic heterocycles. The molecule has 0 bridgehead atoms. The monoisotopic (exact) mass is 141 g/mol. The summed E-state index contributed by atoms with van der Waals surface area (Å²) in [6, 6.07) is 0. The van der Waals surface area contributed by atoms with Crippen molar-refractivity contribution in [3.63, 3.8) is 0 Å². The Morgan fingerprint density at radius 1 is 1.60 bits per heavy atom. The molecular formula is C8H15NO. The van der Waals surface area contributed by atoms with E-state index >= 15 is 0 Å². The number of amides is 1. The van der Waals surface area contributed by atoms with E-state index in [1.54, 1.807) is 0 Å². The zero-order valence-corrected chi connectivity index (χ0v) is 6.68. The van der Waals surface area contributed by atoms with E-state index in [1.807, 2.05) is 0 Å². The van der Waals surface area contributed by atoms with Crippen molar-refractivity contribution in [3.8, 4) is 0 Å². The van der Waals surface area contributed by atoms with Gasteiger partial charge in [-0.25, -0.2) is 0 Å². The lowest BCUT2D eigenvalue weighted by Crippen LogP contribution is -2.36. The molecule has 1 amide bonds. The highest BCUT2D eigenvalue weighted by Gasteiger charge is 2.19. The third-order valence-corrected chi connectivity index (χ3v) is 2.25. The van der Waals surface area contributed by atoms with Crippen molar-refractivity contribution in [2.45, 2.75) is 26.7 Å². The van der Waals surface area contributed by atoms with E-state index in [-0.39, 0.29) is 5.91 Å². The van der Waals surface area contributed by atoms with Crippen molar-refractivity contribution < 1.29 is 4.79 Å². The van der Waals surface area contributed by atoms with Crippen LogP contribution in [0.4, 0.5) is 0 Å².